The fourth-order valence-electron chi connectivity index (χ4n) is 0.534. The number of hydrogen-bond acceptors (Lipinski definition) is 0. The summed E-state index contributed by atoms with van der Waals surface area (Å²) in [5, 5.41) is 0. The quantitative estimate of drug-likeness (QED) is 0.452. The Kier molecular flexibility index (Phi) is 9.62. The molecule has 9 heavy (non-hydrogen) atoms. The van der Waals surface area contributed by atoms with E-state index < -0.39 is 0 Å². The molecule has 1 nitrogen and oxygen atoms in total. The molecular formula is C7H10KN. The van der Waals surface area contributed by atoms with Crippen LogP contribution in [0.4, 0.5) is 0 Å². The maximum atomic E-state index is 2.08. The van der Waals surface area contributed by atoms with Crippen molar-refractivity contribution in [2.45, 2.75) is 6.92 Å². The van der Waals surface area contributed by atoms with Gasteiger partial charge in [-0.3, -0.25) is 0 Å². The topological polar surface area (TPSA) is 33.5 Å². The molecule has 0 unspecified atom stereocenters. The molecule has 0 atom stereocenters. The maximum absolute atomic E-state index is 2.08. The zero-order valence-electron chi connectivity index (χ0n) is 5.96. The van der Waals surface area contributed by atoms with Gasteiger partial charge < -0.3 is 6.15 Å². The summed E-state index contributed by atoms with van der Waals surface area (Å²) in [7, 11) is 0. The van der Waals surface area contributed by atoms with E-state index in [1.807, 2.05) is 18.2 Å². The number of hydrogen-bond donors (Lipinski definition) is 0. The van der Waals surface area contributed by atoms with Gasteiger partial charge in [-0.15, -0.1) is 0 Å². The zero-order chi connectivity index (χ0) is 5.11. The molecule has 0 saturated heterocycles. The summed E-state index contributed by atoms with van der Waals surface area (Å²) < 4.78 is 0. The van der Waals surface area contributed by atoms with Gasteiger partial charge in [0.1, 0.15) is 0 Å². The predicted octanol–water partition coefficient (Wildman–Crippen LogP) is -0.284. The second kappa shape index (κ2) is 6.93. The van der Waals surface area contributed by atoms with Crippen LogP contribution in [0.15, 0.2) is 30.3 Å². The molecule has 0 aliphatic heterocycles. The Morgan fingerprint density at radius 3 is 1.67 bits per heavy atom. The summed E-state index contributed by atoms with van der Waals surface area (Å²) >= 11 is 0. The monoisotopic (exact) mass is 147 g/mol. The first-order chi connectivity index (χ1) is 3.39. The first-order valence-electron chi connectivity index (χ1n) is 2.41. The van der Waals surface area contributed by atoms with Crippen LogP contribution < -0.4 is 51.4 Å². The van der Waals surface area contributed by atoms with Gasteiger partial charge in [0, 0.05) is 0 Å². The van der Waals surface area contributed by atoms with Crippen molar-refractivity contribution in [2.24, 2.45) is 0 Å². The van der Waals surface area contributed by atoms with E-state index in [0.29, 0.717) is 0 Å². The summed E-state index contributed by atoms with van der Waals surface area (Å²) in [6.07, 6.45) is 0. The normalized spacial score (nSPS) is 6.78. The molecule has 0 fully saturated rings. The predicted molar refractivity (Wildman–Crippen MR) is 36.5 cm³/mol. The van der Waals surface area contributed by atoms with Gasteiger partial charge in [-0.25, -0.2) is 0 Å². The van der Waals surface area contributed by atoms with Gasteiger partial charge in [0.05, 0.1) is 0 Å². The Balaban J connectivity index is 0. The Morgan fingerprint density at radius 1 is 1.00 bits per heavy atom. The molecule has 0 radical (unpaired) electrons. The Morgan fingerprint density at radius 2 is 1.44 bits per heavy atom. The molecule has 44 valence electrons. The number of rotatable bonds is 0. The molecule has 0 bridgehead atoms. The van der Waals surface area contributed by atoms with Crippen molar-refractivity contribution in [1.82, 2.24) is 0 Å². The van der Waals surface area contributed by atoms with Crippen molar-refractivity contribution in [2.75, 3.05) is 0 Å². The minimum atomic E-state index is 0. The third-order valence-electron chi connectivity index (χ3n) is 0.940. The van der Waals surface area contributed by atoms with Gasteiger partial charge in [0.2, 0.25) is 0 Å². The summed E-state index contributed by atoms with van der Waals surface area (Å²) in [6.45, 7) is 2.08. The van der Waals surface area contributed by atoms with Crippen LogP contribution in [-0.4, -0.2) is 0 Å². The van der Waals surface area contributed by atoms with Crippen molar-refractivity contribution in [3.05, 3.63) is 42.0 Å². The fourth-order valence-corrected chi connectivity index (χ4v) is 0.534. The third-order valence-corrected chi connectivity index (χ3v) is 0.940. The van der Waals surface area contributed by atoms with E-state index >= 15 is 0 Å². The SMILES string of the molecule is Cc1ccccc1.[K+].[NH2-]. The summed E-state index contributed by atoms with van der Waals surface area (Å²) in [5.74, 6) is 0. The van der Waals surface area contributed by atoms with Crippen LogP contribution in [0, 0.1) is 6.92 Å². The third kappa shape index (κ3) is 5.27. The first kappa shape index (κ1) is 12.5. The smallest absolute Gasteiger partial charge is 0.693 e. The van der Waals surface area contributed by atoms with E-state index in [9.17, 15) is 0 Å². The Bertz CT molecular complexity index is 139. The van der Waals surface area contributed by atoms with Crippen LogP contribution in [0.2, 0.25) is 0 Å². The van der Waals surface area contributed by atoms with Gasteiger partial charge in [0.15, 0.2) is 0 Å². The van der Waals surface area contributed by atoms with Crippen LogP contribution in [-0.2, 0) is 0 Å². The van der Waals surface area contributed by atoms with E-state index in [2.05, 4.69) is 19.1 Å². The second-order valence-corrected chi connectivity index (χ2v) is 1.65. The average Bonchev–Trinajstić information content (AvgIpc) is 1.69. The van der Waals surface area contributed by atoms with Crippen LogP contribution in [0.25, 0.3) is 6.15 Å². The molecule has 1 aromatic rings. The molecule has 0 saturated carbocycles. The van der Waals surface area contributed by atoms with E-state index in [-0.39, 0.29) is 57.5 Å². The number of nitrogens with two attached hydrogens (primary N) is 1. The molecule has 2 heteroatoms. The van der Waals surface area contributed by atoms with Gasteiger partial charge in [-0.1, -0.05) is 35.9 Å². The zero-order valence-corrected chi connectivity index (χ0v) is 9.09. The molecule has 0 amide bonds. The van der Waals surface area contributed by atoms with Crippen molar-refractivity contribution in [1.29, 1.82) is 0 Å². The Labute approximate surface area is 98.9 Å². The van der Waals surface area contributed by atoms with Crippen LogP contribution in [0.5, 0.6) is 0 Å². The van der Waals surface area contributed by atoms with Crippen LogP contribution >= 0.6 is 0 Å². The van der Waals surface area contributed by atoms with Crippen molar-refractivity contribution >= 4 is 0 Å². The van der Waals surface area contributed by atoms with Crippen molar-refractivity contribution < 1.29 is 51.4 Å². The van der Waals surface area contributed by atoms with Gasteiger partial charge in [-0.2, -0.15) is 0 Å². The molecule has 0 spiro atoms. The molecule has 0 aliphatic rings. The maximum Gasteiger partial charge on any atom is 1.00 e. The van der Waals surface area contributed by atoms with Crippen LogP contribution in [0.3, 0.4) is 0 Å². The molecule has 1 aromatic carbocycles. The van der Waals surface area contributed by atoms with E-state index in [0.717, 1.165) is 0 Å². The van der Waals surface area contributed by atoms with Crippen molar-refractivity contribution in [3.63, 3.8) is 0 Å². The second-order valence-electron chi connectivity index (χ2n) is 1.65. The minimum Gasteiger partial charge on any atom is -0.693 e. The fraction of sp³-hybridized carbons (Fsp3) is 0.143. The summed E-state index contributed by atoms with van der Waals surface area (Å²) in [4.78, 5) is 0. The number of benzene rings is 1. The van der Waals surface area contributed by atoms with Gasteiger partial charge in [0.25, 0.3) is 0 Å². The standard InChI is InChI=1S/C7H8.K.H2N/c1-7-5-3-2-4-6-7;;/h2-6H,1H3;;1H2/q;+1;-1. The molecule has 1 rings (SSSR count). The first-order valence-corrected chi connectivity index (χ1v) is 2.41. The van der Waals surface area contributed by atoms with Crippen molar-refractivity contribution in [3.8, 4) is 0 Å². The van der Waals surface area contributed by atoms with Crippen LogP contribution in [0.1, 0.15) is 5.56 Å². The molecule has 2 N–H and O–H groups in total. The molecule has 0 aliphatic carbocycles. The van der Waals surface area contributed by atoms with E-state index in [1.54, 1.807) is 0 Å². The Hall–Kier alpha value is 0.816. The summed E-state index contributed by atoms with van der Waals surface area (Å²) in [6, 6.07) is 10.3. The van der Waals surface area contributed by atoms with E-state index in [1.165, 1.54) is 5.56 Å². The summed E-state index contributed by atoms with van der Waals surface area (Å²) in [5.41, 5.74) is 1.32. The van der Waals surface area contributed by atoms with Gasteiger partial charge >= 0.3 is 51.4 Å². The number of aryl methyl sites for hydroxylation is 1. The molecule has 0 aromatic heterocycles. The molecular weight excluding hydrogens is 137 g/mol. The average molecular weight is 147 g/mol. The minimum absolute atomic E-state index is 0. The largest absolute Gasteiger partial charge is 1.00 e. The molecule has 0 heterocycles. The van der Waals surface area contributed by atoms with E-state index in [4.69, 9.17) is 0 Å². The van der Waals surface area contributed by atoms with Gasteiger partial charge in [-0.05, 0) is 6.92 Å².